The van der Waals surface area contributed by atoms with Crippen LogP contribution in [0.3, 0.4) is 0 Å². The van der Waals surface area contributed by atoms with Crippen molar-refractivity contribution in [1.82, 2.24) is 0 Å². The number of rotatable bonds is 5. The summed E-state index contributed by atoms with van der Waals surface area (Å²) in [5, 5.41) is 17.8. The summed E-state index contributed by atoms with van der Waals surface area (Å²) in [7, 11) is 0. The molecule has 0 amide bonds. The number of aliphatic hydroxyl groups excluding tert-OH is 2. The third kappa shape index (κ3) is 4.16. The molecule has 2 N–H and O–H groups in total. The fraction of sp³-hybridized carbons (Fsp3) is 0.364. The van der Waals surface area contributed by atoms with Gasteiger partial charge in [0.15, 0.2) is 0 Å². The lowest BCUT2D eigenvalue weighted by molar-refractivity contribution is 0.140. The van der Waals surface area contributed by atoms with Gasteiger partial charge in [0.2, 0.25) is 0 Å². The molecule has 0 aliphatic heterocycles. The Labute approximate surface area is 83.7 Å². The van der Waals surface area contributed by atoms with Crippen LogP contribution in [0, 0.1) is 0 Å². The van der Waals surface area contributed by atoms with E-state index in [1.165, 1.54) is 0 Å². The van der Waals surface area contributed by atoms with Crippen molar-refractivity contribution >= 4 is 6.21 Å². The Morgan fingerprint density at radius 1 is 1.29 bits per heavy atom. The van der Waals surface area contributed by atoms with Gasteiger partial charge in [0.05, 0.1) is 12.6 Å². The minimum atomic E-state index is -0.542. The van der Waals surface area contributed by atoms with Crippen molar-refractivity contribution < 1.29 is 10.2 Å². The molecule has 0 saturated heterocycles. The van der Waals surface area contributed by atoms with Crippen molar-refractivity contribution in [3.63, 3.8) is 0 Å². The van der Waals surface area contributed by atoms with Crippen LogP contribution in [0.25, 0.3) is 0 Å². The fourth-order valence-corrected chi connectivity index (χ4v) is 1.06. The highest BCUT2D eigenvalue weighted by molar-refractivity contribution is 5.79. The predicted octanol–water partition coefficient (Wildman–Crippen LogP) is 0.849. The van der Waals surface area contributed by atoms with E-state index >= 15 is 0 Å². The van der Waals surface area contributed by atoms with E-state index in [1.54, 1.807) is 6.21 Å². The molecule has 1 aromatic rings. The maximum Gasteiger partial charge on any atom is 0.0757 e. The van der Waals surface area contributed by atoms with Gasteiger partial charge in [-0.1, -0.05) is 30.3 Å². The zero-order chi connectivity index (χ0) is 10.2. The van der Waals surface area contributed by atoms with E-state index in [0.29, 0.717) is 13.0 Å². The van der Waals surface area contributed by atoms with Gasteiger partial charge in [-0.3, -0.25) is 4.99 Å². The SMILES string of the molecule is OCCC(O)CN=Cc1ccccc1. The Morgan fingerprint density at radius 2 is 2.00 bits per heavy atom. The number of hydrogen-bond acceptors (Lipinski definition) is 3. The fourth-order valence-electron chi connectivity index (χ4n) is 1.06. The molecule has 0 spiro atoms. The molecule has 0 radical (unpaired) electrons. The molecule has 14 heavy (non-hydrogen) atoms. The van der Waals surface area contributed by atoms with Gasteiger partial charge in [-0.15, -0.1) is 0 Å². The smallest absolute Gasteiger partial charge is 0.0757 e. The highest BCUT2D eigenvalue weighted by atomic mass is 16.3. The van der Waals surface area contributed by atoms with E-state index in [-0.39, 0.29) is 6.61 Å². The van der Waals surface area contributed by atoms with Gasteiger partial charge in [-0.25, -0.2) is 0 Å². The largest absolute Gasteiger partial charge is 0.396 e. The molecule has 0 aliphatic rings. The van der Waals surface area contributed by atoms with Crippen LogP contribution in [0.4, 0.5) is 0 Å². The molecule has 0 aromatic heterocycles. The summed E-state index contributed by atoms with van der Waals surface area (Å²) >= 11 is 0. The first-order valence-electron chi connectivity index (χ1n) is 4.66. The molecular weight excluding hydrogens is 178 g/mol. The second-order valence-electron chi connectivity index (χ2n) is 3.07. The second-order valence-corrected chi connectivity index (χ2v) is 3.07. The van der Waals surface area contributed by atoms with Crippen LogP contribution in [0.15, 0.2) is 35.3 Å². The summed E-state index contributed by atoms with van der Waals surface area (Å²) in [6.07, 6.45) is 1.56. The average molecular weight is 193 g/mol. The predicted molar refractivity (Wildman–Crippen MR) is 56.6 cm³/mol. The Morgan fingerprint density at radius 3 is 2.64 bits per heavy atom. The minimum absolute atomic E-state index is 0.00201. The number of nitrogens with zero attached hydrogens (tertiary/aromatic N) is 1. The van der Waals surface area contributed by atoms with Crippen LogP contribution in [0.1, 0.15) is 12.0 Å². The molecule has 3 nitrogen and oxygen atoms in total. The molecule has 0 bridgehead atoms. The molecule has 1 rings (SSSR count). The lowest BCUT2D eigenvalue weighted by Gasteiger charge is -2.03. The van der Waals surface area contributed by atoms with E-state index < -0.39 is 6.10 Å². The zero-order valence-corrected chi connectivity index (χ0v) is 8.00. The maximum atomic E-state index is 9.25. The van der Waals surface area contributed by atoms with Gasteiger partial charge < -0.3 is 10.2 Å². The van der Waals surface area contributed by atoms with Gasteiger partial charge in [-0.05, 0) is 12.0 Å². The van der Waals surface area contributed by atoms with Crippen LogP contribution in [0.5, 0.6) is 0 Å². The van der Waals surface area contributed by atoms with Crippen LogP contribution in [0.2, 0.25) is 0 Å². The van der Waals surface area contributed by atoms with Gasteiger partial charge in [0, 0.05) is 12.8 Å². The Bertz CT molecular complexity index is 272. The van der Waals surface area contributed by atoms with E-state index in [9.17, 15) is 5.11 Å². The average Bonchev–Trinajstić information content (AvgIpc) is 2.20. The summed E-state index contributed by atoms with van der Waals surface area (Å²) in [6, 6.07) is 9.71. The molecule has 76 valence electrons. The second kappa shape index (κ2) is 6.29. The molecule has 0 heterocycles. The van der Waals surface area contributed by atoms with Crippen molar-refractivity contribution in [3.05, 3.63) is 35.9 Å². The normalized spacial score (nSPS) is 13.3. The monoisotopic (exact) mass is 193 g/mol. The lowest BCUT2D eigenvalue weighted by atomic mass is 10.2. The number of benzene rings is 1. The van der Waals surface area contributed by atoms with Gasteiger partial charge >= 0.3 is 0 Å². The lowest BCUT2D eigenvalue weighted by Crippen LogP contribution is -2.12. The summed E-state index contributed by atoms with van der Waals surface area (Å²) < 4.78 is 0. The first-order chi connectivity index (χ1) is 6.83. The highest BCUT2D eigenvalue weighted by Gasteiger charge is 1.99. The molecule has 1 atom stereocenters. The summed E-state index contributed by atoms with van der Waals surface area (Å²) in [5.41, 5.74) is 1.02. The molecule has 1 aromatic carbocycles. The first kappa shape index (κ1) is 10.9. The summed E-state index contributed by atoms with van der Waals surface area (Å²) in [5.74, 6) is 0. The Hall–Kier alpha value is -1.19. The molecule has 0 aliphatic carbocycles. The number of hydrogen-bond donors (Lipinski definition) is 2. The highest BCUT2D eigenvalue weighted by Crippen LogP contribution is 1.95. The van der Waals surface area contributed by atoms with Crippen molar-refractivity contribution in [2.45, 2.75) is 12.5 Å². The van der Waals surface area contributed by atoms with E-state index in [4.69, 9.17) is 5.11 Å². The summed E-state index contributed by atoms with van der Waals surface area (Å²) in [4.78, 5) is 4.07. The first-order valence-corrected chi connectivity index (χ1v) is 4.66. The van der Waals surface area contributed by atoms with Gasteiger partial charge in [-0.2, -0.15) is 0 Å². The van der Waals surface area contributed by atoms with Gasteiger partial charge in [0.1, 0.15) is 0 Å². The third-order valence-electron chi connectivity index (χ3n) is 1.82. The molecule has 1 unspecified atom stereocenters. The molecule has 3 heteroatoms. The van der Waals surface area contributed by atoms with Gasteiger partial charge in [0.25, 0.3) is 0 Å². The van der Waals surface area contributed by atoms with E-state index in [2.05, 4.69) is 4.99 Å². The van der Waals surface area contributed by atoms with Crippen LogP contribution < -0.4 is 0 Å². The zero-order valence-electron chi connectivity index (χ0n) is 8.00. The van der Waals surface area contributed by atoms with E-state index in [0.717, 1.165) is 5.56 Å². The summed E-state index contributed by atoms with van der Waals surface area (Å²) in [6.45, 7) is 0.345. The molecular formula is C11H15NO2. The minimum Gasteiger partial charge on any atom is -0.396 e. The standard InChI is InChI=1S/C11H15NO2/c13-7-6-11(14)9-12-8-10-4-2-1-3-5-10/h1-5,8,11,13-14H,6-7,9H2. The maximum absolute atomic E-state index is 9.25. The Kier molecular flexibility index (Phi) is 4.89. The van der Waals surface area contributed by atoms with Crippen LogP contribution >= 0.6 is 0 Å². The van der Waals surface area contributed by atoms with Crippen molar-refractivity contribution in [2.75, 3.05) is 13.2 Å². The Balaban J connectivity index is 2.34. The molecule has 0 saturated carbocycles. The van der Waals surface area contributed by atoms with Crippen molar-refractivity contribution in [1.29, 1.82) is 0 Å². The van der Waals surface area contributed by atoms with Crippen molar-refractivity contribution in [3.8, 4) is 0 Å². The van der Waals surface area contributed by atoms with Crippen LogP contribution in [-0.4, -0.2) is 35.7 Å². The quantitative estimate of drug-likeness (QED) is 0.681. The topological polar surface area (TPSA) is 52.8 Å². The number of aliphatic imine (C=N–C) groups is 1. The molecule has 0 fully saturated rings. The van der Waals surface area contributed by atoms with E-state index in [1.807, 2.05) is 30.3 Å². The third-order valence-corrected chi connectivity index (χ3v) is 1.82. The number of aliphatic hydroxyl groups is 2. The van der Waals surface area contributed by atoms with Crippen LogP contribution in [-0.2, 0) is 0 Å². The van der Waals surface area contributed by atoms with Crippen molar-refractivity contribution in [2.24, 2.45) is 4.99 Å².